The quantitative estimate of drug-likeness (QED) is 0.780. The molecular weight excluding hydrogens is 238 g/mol. The van der Waals surface area contributed by atoms with Crippen LogP contribution in [0.25, 0.3) is 0 Å². The van der Waals surface area contributed by atoms with Gasteiger partial charge < -0.3 is 14.8 Å². The first-order chi connectivity index (χ1) is 9.22. The minimum atomic E-state index is 0.588. The molecule has 0 saturated heterocycles. The maximum absolute atomic E-state index is 5.60. The number of methoxy groups -OCH3 is 1. The smallest absolute Gasteiger partial charge is 0.161 e. The SMILES string of the molecule is CCOc1cc(CNC(C)CC2CC2)ccc1OC. The van der Waals surface area contributed by atoms with Gasteiger partial charge in [0.05, 0.1) is 13.7 Å². The molecule has 1 atom stereocenters. The first-order valence-electron chi connectivity index (χ1n) is 7.26. The lowest BCUT2D eigenvalue weighted by atomic mass is 10.1. The van der Waals surface area contributed by atoms with Crippen molar-refractivity contribution in [3.63, 3.8) is 0 Å². The van der Waals surface area contributed by atoms with E-state index < -0.39 is 0 Å². The summed E-state index contributed by atoms with van der Waals surface area (Å²) in [6, 6.07) is 6.73. The van der Waals surface area contributed by atoms with Crippen LogP contribution in [0, 0.1) is 5.92 Å². The van der Waals surface area contributed by atoms with E-state index in [1.165, 1.54) is 24.8 Å². The first kappa shape index (κ1) is 14.2. The summed E-state index contributed by atoms with van der Waals surface area (Å²) < 4.78 is 10.9. The molecule has 1 fully saturated rings. The van der Waals surface area contributed by atoms with Gasteiger partial charge in [0.25, 0.3) is 0 Å². The Labute approximate surface area is 116 Å². The van der Waals surface area contributed by atoms with Crippen LogP contribution in [-0.2, 0) is 6.54 Å². The second-order valence-corrected chi connectivity index (χ2v) is 5.38. The molecule has 106 valence electrons. The van der Waals surface area contributed by atoms with Gasteiger partial charge in [0.15, 0.2) is 11.5 Å². The molecular formula is C16H25NO2. The van der Waals surface area contributed by atoms with Crippen molar-refractivity contribution in [2.75, 3.05) is 13.7 Å². The lowest BCUT2D eigenvalue weighted by Crippen LogP contribution is -2.25. The molecule has 19 heavy (non-hydrogen) atoms. The molecule has 0 spiro atoms. The fourth-order valence-electron chi connectivity index (χ4n) is 2.33. The van der Waals surface area contributed by atoms with Crippen molar-refractivity contribution in [3.05, 3.63) is 23.8 Å². The van der Waals surface area contributed by atoms with Gasteiger partial charge in [-0.3, -0.25) is 0 Å². The van der Waals surface area contributed by atoms with Gasteiger partial charge >= 0.3 is 0 Å². The lowest BCUT2D eigenvalue weighted by Gasteiger charge is -2.15. The number of nitrogens with one attached hydrogen (secondary N) is 1. The van der Waals surface area contributed by atoms with Crippen molar-refractivity contribution in [1.29, 1.82) is 0 Å². The van der Waals surface area contributed by atoms with Crippen molar-refractivity contribution in [2.45, 2.75) is 45.7 Å². The fraction of sp³-hybridized carbons (Fsp3) is 0.625. The average Bonchev–Trinajstić information content (AvgIpc) is 3.21. The van der Waals surface area contributed by atoms with Crippen LogP contribution < -0.4 is 14.8 Å². The van der Waals surface area contributed by atoms with E-state index in [9.17, 15) is 0 Å². The second kappa shape index (κ2) is 6.80. The topological polar surface area (TPSA) is 30.5 Å². The molecule has 1 aromatic carbocycles. The molecule has 1 N–H and O–H groups in total. The van der Waals surface area contributed by atoms with Gasteiger partial charge in [0.1, 0.15) is 0 Å². The molecule has 0 bridgehead atoms. The molecule has 1 saturated carbocycles. The molecule has 0 amide bonds. The predicted molar refractivity (Wildman–Crippen MR) is 77.8 cm³/mol. The highest BCUT2D eigenvalue weighted by molar-refractivity contribution is 5.42. The van der Waals surface area contributed by atoms with Crippen molar-refractivity contribution in [1.82, 2.24) is 5.32 Å². The Kier molecular flexibility index (Phi) is 5.08. The van der Waals surface area contributed by atoms with Crippen LogP contribution >= 0.6 is 0 Å². The molecule has 3 heteroatoms. The van der Waals surface area contributed by atoms with E-state index in [-0.39, 0.29) is 0 Å². The molecule has 3 nitrogen and oxygen atoms in total. The fourth-order valence-corrected chi connectivity index (χ4v) is 2.33. The largest absolute Gasteiger partial charge is 0.493 e. The summed E-state index contributed by atoms with van der Waals surface area (Å²) in [6.45, 7) is 5.80. The van der Waals surface area contributed by atoms with Crippen LogP contribution in [0.4, 0.5) is 0 Å². The van der Waals surface area contributed by atoms with E-state index in [1.54, 1.807) is 7.11 Å². The number of benzene rings is 1. The Morgan fingerprint density at radius 3 is 2.74 bits per heavy atom. The highest BCUT2D eigenvalue weighted by atomic mass is 16.5. The van der Waals surface area contributed by atoms with Crippen LogP contribution in [0.5, 0.6) is 11.5 Å². The molecule has 0 aromatic heterocycles. The van der Waals surface area contributed by atoms with Crippen LogP contribution in [-0.4, -0.2) is 19.8 Å². The Bertz CT molecular complexity index is 402. The standard InChI is InChI=1S/C16H25NO2/c1-4-19-16-10-14(7-8-15(16)18-3)11-17-12(2)9-13-5-6-13/h7-8,10,12-13,17H,4-6,9,11H2,1-3H3. The predicted octanol–water partition coefficient (Wildman–Crippen LogP) is 3.37. The van der Waals surface area contributed by atoms with E-state index in [4.69, 9.17) is 9.47 Å². The molecule has 2 rings (SSSR count). The Hall–Kier alpha value is -1.22. The summed E-state index contributed by atoms with van der Waals surface area (Å²) >= 11 is 0. The maximum Gasteiger partial charge on any atom is 0.161 e. The van der Waals surface area contributed by atoms with Crippen molar-refractivity contribution in [3.8, 4) is 11.5 Å². The molecule has 1 aliphatic carbocycles. The molecule has 0 heterocycles. The van der Waals surface area contributed by atoms with Crippen molar-refractivity contribution >= 4 is 0 Å². The number of hydrogen-bond donors (Lipinski definition) is 1. The average molecular weight is 263 g/mol. The molecule has 0 radical (unpaired) electrons. The van der Waals surface area contributed by atoms with Crippen molar-refractivity contribution in [2.24, 2.45) is 5.92 Å². The van der Waals surface area contributed by atoms with Crippen LogP contribution in [0.3, 0.4) is 0 Å². The van der Waals surface area contributed by atoms with Crippen LogP contribution in [0.15, 0.2) is 18.2 Å². The molecule has 0 aliphatic heterocycles. The van der Waals surface area contributed by atoms with E-state index in [0.29, 0.717) is 12.6 Å². The second-order valence-electron chi connectivity index (χ2n) is 5.38. The number of hydrogen-bond acceptors (Lipinski definition) is 3. The highest BCUT2D eigenvalue weighted by Gasteiger charge is 2.23. The zero-order valence-electron chi connectivity index (χ0n) is 12.2. The van der Waals surface area contributed by atoms with Gasteiger partial charge in [-0.25, -0.2) is 0 Å². The summed E-state index contributed by atoms with van der Waals surface area (Å²) in [5, 5.41) is 3.58. The van der Waals surface area contributed by atoms with Gasteiger partial charge in [-0.1, -0.05) is 18.9 Å². The van der Waals surface area contributed by atoms with E-state index in [2.05, 4.69) is 24.4 Å². The Morgan fingerprint density at radius 2 is 2.11 bits per heavy atom. The minimum Gasteiger partial charge on any atom is -0.493 e. The van der Waals surface area contributed by atoms with E-state index in [0.717, 1.165) is 24.0 Å². The van der Waals surface area contributed by atoms with Gasteiger partial charge in [0.2, 0.25) is 0 Å². The van der Waals surface area contributed by atoms with Gasteiger partial charge in [-0.2, -0.15) is 0 Å². The monoisotopic (exact) mass is 263 g/mol. The zero-order chi connectivity index (χ0) is 13.7. The first-order valence-corrected chi connectivity index (χ1v) is 7.26. The van der Waals surface area contributed by atoms with Crippen LogP contribution in [0.1, 0.15) is 38.7 Å². The molecule has 1 aliphatic rings. The highest BCUT2D eigenvalue weighted by Crippen LogP contribution is 2.33. The Balaban J connectivity index is 1.89. The summed E-state index contributed by atoms with van der Waals surface area (Å²) in [5.41, 5.74) is 1.24. The van der Waals surface area contributed by atoms with E-state index >= 15 is 0 Å². The minimum absolute atomic E-state index is 0.588. The number of ether oxygens (including phenoxy) is 2. The maximum atomic E-state index is 5.60. The third kappa shape index (κ3) is 4.43. The normalized spacial score (nSPS) is 16.2. The summed E-state index contributed by atoms with van der Waals surface area (Å²) in [5.74, 6) is 2.60. The number of rotatable bonds is 8. The van der Waals surface area contributed by atoms with Gasteiger partial charge in [-0.05, 0) is 43.9 Å². The Morgan fingerprint density at radius 1 is 1.32 bits per heavy atom. The summed E-state index contributed by atoms with van der Waals surface area (Å²) in [4.78, 5) is 0. The summed E-state index contributed by atoms with van der Waals surface area (Å²) in [6.07, 6.45) is 4.14. The molecule has 1 unspecified atom stereocenters. The third-order valence-corrected chi connectivity index (χ3v) is 3.57. The summed E-state index contributed by atoms with van der Waals surface area (Å²) in [7, 11) is 1.67. The van der Waals surface area contributed by atoms with Gasteiger partial charge in [-0.15, -0.1) is 0 Å². The van der Waals surface area contributed by atoms with E-state index in [1.807, 2.05) is 13.0 Å². The molecule has 1 aromatic rings. The lowest BCUT2D eigenvalue weighted by molar-refractivity contribution is 0.310. The zero-order valence-corrected chi connectivity index (χ0v) is 12.2. The van der Waals surface area contributed by atoms with Crippen molar-refractivity contribution < 1.29 is 9.47 Å². The van der Waals surface area contributed by atoms with Crippen LogP contribution in [0.2, 0.25) is 0 Å². The van der Waals surface area contributed by atoms with Gasteiger partial charge in [0, 0.05) is 12.6 Å². The third-order valence-electron chi connectivity index (χ3n) is 3.57.